The fraction of sp³-hybridized carbons (Fsp3) is 0.600. The fourth-order valence-electron chi connectivity index (χ4n) is 2.00. The first kappa shape index (κ1) is 12.7. The van der Waals surface area contributed by atoms with Gasteiger partial charge in [-0.2, -0.15) is 0 Å². The van der Waals surface area contributed by atoms with E-state index in [9.17, 15) is 14.9 Å². The second-order valence-electron chi connectivity index (χ2n) is 4.05. The van der Waals surface area contributed by atoms with Crippen molar-refractivity contribution < 1.29 is 14.5 Å². The molecular weight excluding hydrogens is 258 g/mol. The summed E-state index contributed by atoms with van der Waals surface area (Å²) in [6.07, 6.45) is 2.89. The molecule has 0 N–H and O–H groups in total. The Bertz CT molecular complexity index is 462. The minimum atomic E-state index is -0.455. The van der Waals surface area contributed by atoms with Gasteiger partial charge in [0.1, 0.15) is 6.20 Å². The predicted molar refractivity (Wildman–Crippen MR) is 65.7 cm³/mol. The molecule has 98 valence electrons. The number of hydrogen-bond donors (Lipinski definition) is 0. The largest absolute Gasteiger partial charge is 0.469 e. The molecule has 8 heteroatoms. The lowest BCUT2D eigenvalue weighted by Crippen LogP contribution is -2.39. The maximum absolute atomic E-state index is 11.5. The molecule has 0 saturated carbocycles. The van der Waals surface area contributed by atoms with Crippen molar-refractivity contribution in [2.45, 2.75) is 12.8 Å². The Morgan fingerprint density at radius 3 is 3.11 bits per heavy atom. The van der Waals surface area contributed by atoms with E-state index in [1.807, 2.05) is 4.90 Å². The second kappa shape index (κ2) is 5.30. The van der Waals surface area contributed by atoms with Gasteiger partial charge in [0.05, 0.1) is 18.0 Å². The van der Waals surface area contributed by atoms with E-state index in [0.29, 0.717) is 11.7 Å². The summed E-state index contributed by atoms with van der Waals surface area (Å²) in [7, 11) is 1.37. The Labute approximate surface area is 108 Å². The Kier molecular flexibility index (Phi) is 3.75. The van der Waals surface area contributed by atoms with Gasteiger partial charge in [-0.15, -0.1) is 0 Å². The molecule has 1 aromatic heterocycles. The molecule has 1 aromatic rings. The van der Waals surface area contributed by atoms with E-state index in [4.69, 9.17) is 4.74 Å². The number of thiazole rings is 1. The van der Waals surface area contributed by atoms with Crippen LogP contribution in [0.4, 0.5) is 10.1 Å². The van der Waals surface area contributed by atoms with E-state index in [1.165, 1.54) is 13.3 Å². The topological polar surface area (TPSA) is 85.6 Å². The molecule has 0 radical (unpaired) electrons. The van der Waals surface area contributed by atoms with Gasteiger partial charge in [-0.25, -0.2) is 4.98 Å². The summed E-state index contributed by atoms with van der Waals surface area (Å²) in [5, 5.41) is 11.2. The van der Waals surface area contributed by atoms with Crippen LogP contribution in [0, 0.1) is 16.0 Å². The van der Waals surface area contributed by atoms with Crippen molar-refractivity contribution in [3.05, 3.63) is 16.3 Å². The van der Waals surface area contributed by atoms with E-state index in [-0.39, 0.29) is 16.9 Å². The van der Waals surface area contributed by atoms with Crippen LogP contribution in [-0.2, 0) is 9.53 Å². The first-order chi connectivity index (χ1) is 8.61. The molecule has 1 aliphatic rings. The van der Waals surface area contributed by atoms with Crippen LogP contribution in [0.3, 0.4) is 0 Å². The molecular formula is C10H13N3O4S. The monoisotopic (exact) mass is 271 g/mol. The number of anilines is 1. The van der Waals surface area contributed by atoms with E-state index in [2.05, 4.69) is 4.98 Å². The van der Waals surface area contributed by atoms with E-state index < -0.39 is 4.92 Å². The summed E-state index contributed by atoms with van der Waals surface area (Å²) >= 11 is 1.03. The zero-order valence-corrected chi connectivity index (χ0v) is 10.7. The molecule has 1 saturated heterocycles. The SMILES string of the molecule is COC(=O)C1CCCN(c2ncc([N+](=O)[O-])s2)C1. The summed E-state index contributed by atoms with van der Waals surface area (Å²) in [5.41, 5.74) is 0. The zero-order valence-electron chi connectivity index (χ0n) is 9.87. The number of aromatic nitrogens is 1. The summed E-state index contributed by atoms with van der Waals surface area (Å²) in [5.74, 6) is -0.405. The Morgan fingerprint density at radius 2 is 2.50 bits per heavy atom. The number of piperidine rings is 1. The number of hydrogen-bond acceptors (Lipinski definition) is 7. The Morgan fingerprint density at radius 1 is 1.72 bits per heavy atom. The highest BCUT2D eigenvalue weighted by atomic mass is 32.1. The third kappa shape index (κ3) is 2.58. The molecule has 0 amide bonds. The van der Waals surface area contributed by atoms with Crippen molar-refractivity contribution >= 4 is 27.4 Å². The van der Waals surface area contributed by atoms with Crippen molar-refractivity contribution in [2.24, 2.45) is 5.92 Å². The smallest absolute Gasteiger partial charge is 0.345 e. The number of rotatable bonds is 3. The second-order valence-corrected chi connectivity index (χ2v) is 5.03. The number of carbonyl (C=O) groups excluding carboxylic acids is 1. The van der Waals surface area contributed by atoms with Crippen molar-refractivity contribution in [1.82, 2.24) is 4.98 Å². The van der Waals surface area contributed by atoms with Crippen molar-refractivity contribution in [2.75, 3.05) is 25.1 Å². The zero-order chi connectivity index (χ0) is 13.1. The summed E-state index contributed by atoms with van der Waals surface area (Å²) in [4.78, 5) is 27.6. The molecule has 2 rings (SSSR count). The van der Waals surface area contributed by atoms with E-state index in [0.717, 1.165) is 30.7 Å². The highest BCUT2D eigenvalue weighted by Crippen LogP contribution is 2.31. The van der Waals surface area contributed by atoms with Gasteiger partial charge >= 0.3 is 11.0 Å². The van der Waals surface area contributed by atoms with Gasteiger partial charge in [-0.05, 0) is 24.2 Å². The van der Waals surface area contributed by atoms with Crippen LogP contribution in [0.15, 0.2) is 6.20 Å². The third-order valence-corrected chi connectivity index (χ3v) is 3.90. The minimum absolute atomic E-state index is 0.0187. The average Bonchev–Trinajstić information content (AvgIpc) is 2.88. The first-order valence-electron chi connectivity index (χ1n) is 5.55. The van der Waals surface area contributed by atoms with Crippen LogP contribution >= 0.6 is 11.3 Å². The summed E-state index contributed by atoms with van der Waals surface area (Å²) in [6.45, 7) is 1.27. The summed E-state index contributed by atoms with van der Waals surface area (Å²) in [6, 6.07) is 0. The highest BCUT2D eigenvalue weighted by Gasteiger charge is 2.28. The number of nitrogens with zero attached hydrogens (tertiary/aromatic N) is 3. The van der Waals surface area contributed by atoms with Gasteiger partial charge in [-0.3, -0.25) is 14.9 Å². The van der Waals surface area contributed by atoms with Crippen molar-refractivity contribution in [1.29, 1.82) is 0 Å². The van der Waals surface area contributed by atoms with Gasteiger partial charge in [0.2, 0.25) is 0 Å². The van der Waals surface area contributed by atoms with Gasteiger partial charge in [0.15, 0.2) is 5.13 Å². The first-order valence-corrected chi connectivity index (χ1v) is 6.36. The molecule has 1 fully saturated rings. The lowest BCUT2D eigenvalue weighted by molar-refractivity contribution is -0.380. The van der Waals surface area contributed by atoms with Crippen molar-refractivity contribution in [3.63, 3.8) is 0 Å². The normalized spacial score (nSPS) is 19.6. The average molecular weight is 271 g/mol. The van der Waals surface area contributed by atoms with Gasteiger partial charge in [0.25, 0.3) is 0 Å². The molecule has 18 heavy (non-hydrogen) atoms. The van der Waals surface area contributed by atoms with E-state index in [1.54, 1.807) is 0 Å². The van der Waals surface area contributed by atoms with E-state index >= 15 is 0 Å². The number of carbonyl (C=O) groups is 1. The van der Waals surface area contributed by atoms with Crippen LogP contribution in [0.25, 0.3) is 0 Å². The Hall–Kier alpha value is -1.70. The standard InChI is InChI=1S/C10H13N3O4S/c1-17-9(14)7-3-2-4-12(6-7)10-11-5-8(18-10)13(15)16/h5,7H,2-4,6H2,1H3. The maximum Gasteiger partial charge on any atom is 0.345 e. The summed E-state index contributed by atoms with van der Waals surface area (Å²) < 4.78 is 4.73. The highest BCUT2D eigenvalue weighted by molar-refractivity contribution is 7.18. The lowest BCUT2D eigenvalue weighted by Gasteiger charge is -2.30. The molecule has 0 aromatic carbocycles. The van der Waals surface area contributed by atoms with Gasteiger partial charge < -0.3 is 9.64 Å². The molecule has 1 aliphatic heterocycles. The van der Waals surface area contributed by atoms with Crippen LogP contribution in [0.2, 0.25) is 0 Å². The molecule has 7 nitrogen and oxygen atoms in total. The van der Waals surface area contributed by atoms with Gasteiger partial charge in [-0.1, -0.05) is 0 Å². The fourth-order valence-corrected chi connectivity index (χ4v) is 2.76. The molecule has 0 aliphatic carbocycles. The maximum atomic E-state index is 11.5. The number of esters is 1. The van der Waals surface area contributed by atoms with Crippen LogP contribution in [0.1, 0.15) is 12.8 Å². The quantitative estimate of drug-likeness (QED) is 0.470. The number of nitro groups is 1. The molecule has 2 heterocycles. The van der Waals surface area contributed by atoms with Gasteiger partial charge in [0, 0.05) is 13.1 Å². The number of methoxy groups -OCH3 is 1. The van der Waals surface area contributed by atoms with Crippen molar-refractivity contribution in [3.8, 4) is 0 Å². The van der Waals surface area contributed by atoms with Crippen LogP contribution in [0.5, 0.6) is 0 Å². The molecule has 0 bridgehead atoms. The molecule has 1 atom stereocenters. The number of ether oxygens (including phenoxy) is 1. The van der Waals surface area contributed by atoms with Crippen LogP contribution < -0.4 is 4.90 Å². The Balaban J connectivity index is 2.08. The molecule has 1 unspecified atom stereocenters. The minimum Gasteiger partial charge on any atom is -0.469 e. The molecule has 0 spiro atoms. The van der Waals surface area contributed by atoms with Crippen LogP contribution in [-0.4, -0.2) is 36.1 Å². The lowest BCUT2D eigenvalue weighted by atomic mass is 9.99. The third-order valence-electron chi connectivity index (χ3n) is 2.89. The predicted octanol–water partition coefficient (Wildman–Crippen LogP) is 1.44.